The molecule has 1 aromatic carbocycles. The highest BCUT2D eigenvalue weighted by atomic mass is 35.5. The largest absolute Gasteiger partial charge is 0.399 e. The average molecular weight is 325 g/mol. The second-order valence-corrected chi connectivity index (χ2v) is 7.14. The number of benzene rings is 1. The van der Waals surface area contributed by atoms with Gasteiger partial charge in [0.15, 0.2) is 0 Å². The van der Waals surface area contributed by atoms with Gasteiger partial charge in [-0.3, -0.25) is 0 Å². The number of sulfonamides is 1. The highest BCUT2D eigenvalue weighted by Crippen LogP contribution is 2.33. The van der Waals surface area contributed by atoms with Crippen LogP contribution in [0.5, 0.6) is 0 Å². The topological polar surface area (TPSA) is 63.4 Å². The van der Waals surface area contributed by atoms with Gasteiger partial charge < -0.3 is 5.73 Å². The summed E-state index contributed by atoms with van der Waals surface area (Å²) < 4.78 is 26.1. The summed E-state index contributed by atoms with van der Waals surface area (Å²) in [7, 11) is -2.16. The van der Waals surface area contributed by atoms with E-state index in [1.165, 1.54) is 23.5 Å². The van der Waals surface area contributed by atoms with Crippen LogP contribution in [0.1, 0.15) is 26.2 Å². The minimum absolute atomic E-state index is 0.0485. The summed E-state index contributed by atoms with van der Waals surface area (Å²) in [5.74, 6) is 0. The molecule has 1 aromatic rings. The molecule has 0 unspecified atom stereocenters. The van der Waals surface area contributed by atoms with E-state index in [0.29, 0.717) is 12.2 Å². The fourth-order valence-electron chi connectivity index (χ4n) is 1.69. The minimum atomic E-state index is -3.68. The van der Waals surface area contributed by atoms with Crippen molar-refractivity contribution in [3.63, 3.8) is 0 Å². The van der Waals surface area contributed by atoms with Gasteiger partial charge in [-0.1, -0.05) is 43.0 Å². The number of unbranched alkanes of at least 4 members (excludes halogenated alkanes) is 2. The molecule has 0 aliphatic carbocycles. The number of nitrogens with zero attached hydrogens (tertiary/aromatic N) is 1. The molecule has 1 rings (SSSR count). The van der Waals surface area contributed by atoms with E-state index < -0.39 is 10.0 Å². The molecule has 2 N–H and O–H groups in total. The van der Waals surface area contributed by atoms with Gasteiger partial charge in [0, 0.05) is 19.3 Å². The molecule has 0 aliphatic rings. The molecular formula is C12H18Cl2N2O2S. The molecule has 4 nitrogen and oxygen atoms in total. The van der Waals surface area contributed by atoms with Crippen molar-refractivity contribution >= 4 is 38.9 Å². The van der Waals surface area contributed by atoms with E-state index in [1.54, 1.807) is 0 Å². The van der Waals surface area contributed by atoms with Crippen LogP contribution in [0.15, 0.2) is 17.0 Å². The van der Waals surface area contributed by atoms with Gasteiger partial charge >= 0.3 is 0 Å². The Morgan fingerprint density at radius 1 is 1.21 bits per heavy atom. The number of hydrogen-bond acceptors (Lipinski definition) is 3. The second-order valence-electron chi connectivity index (χ2n) is 4.35. The lowest BCUT2D eigenvalue weighted by atomic mass is 10.2. The summed E-state index contributed by atoms with van der Waals surface area (Å²) in [6, 6.07) is 2.78. The normalized spacial score (nSPS) is 12.1. The number of anilines is 1. The first-order chi connectivity index (χ1) is 8.80. The summed E-state index contributed by atoms with van der Waals surface area (Å²) in [5.41, 5.74) is 5.90. The van der Waals surface area contributed by atoms with Crippen LogP contribution in [-0.2, 0) is 10.0 Å². The number of hydrogen-bond donors (Lipinski definition) is 1. The third kappa shape index (κ3) is 3.99. The molecule has 0 aliphatic heterocycles. The van der Waals surface area contributed by atoms with Gasteiger partial charge in [-0.25, -0.2) is 12.7 Å². The molecule has 0 amide bonds. The van der Waals surface area contributed by atoms with Crippen molar-refractivity contribution in [2.24, 2.45) is 0 Å². The molecule has 0 fully saturated rings. The van der Waals surface area contributed by atoms with Gasteiger partial charge in [0.2, 0.25) is 10.0 Å². The molecule has 0 saturated heterocycles. The Kier molecular flexibility index (Phi) is 5.92. The van der Waals surface area contributed by atoms with Crippen LogP contribution in [0.4, 0.5) is 5.69 Å². The summed E-state index contributed by atoms with van der Waals surface area (Å²) in [5, 5.41) is 0.0969. The summed E-state index contributed by atoms with van der Waals surface area (Å²) in [6.07, 6.45) is 2.80. The lowest BCUT2D eigenvalue weighted by Gasteiger charge is -2.19. The van der Waals surface area contributed by atoms with Gasteiger partial charge in [-0.2, -0.15) is 0 Å². The van der Waals surface area contributed by atoms with Gasteiger partial charge in [0.05, 0.1) is 10.0 Å². The van der Waals surface area contributed by atoms with Crippen LogP contribution >= 0.6 is 23.2 Å². The van der Waals surface area contributed by atoms with Gasteiger partial charge in [-0.15, -0.1) is 0 Å². The molecule has 0 aromatic heterocycles. The van der Waals surface area contributed by atoms with Crippen molar-refractivity contribution in [1.82, 2.24) is 4.31 Å². The SMILES string of the molecule is CCCCCN(C)S(=O)(=O)c1c(Cl)cc(N)cc1Cl. The van der Waals surface area contributed by atoms with Crippen LogP contribution in [0, 0.1) is 0 Å². The monoisotopic (exact) mass is 324 g/mol. The summed E-state index contributed by atoms with van der Waals surface area (Å²) in [4.78, 5) is -0.0796. The maximum atomic E-state index is 12.4. The second kappa shape index (κ2) is 6.79. The van der Waals surface area contributed by atoms with E-state index in [0.717, 1.165) is 19.3 Å². The fourth-order valence-corrected chi connectivity index (χ4v) is 4.07. The van der Waals surface area contributed by atoms with Crippen LogP contribution in [0.25, 0.3) is 0 Å². The lowest BCUT2D eigenvalue weighted by Crippen LogP contribution is -2.28. The number of nitrogen functional groups attached to an aromatic ring is 1. The Bertz CT molecular complexity index is 524. The quantitative estimate of drug-likeness (QED) is 0.644. The molecule has 0 bridgehead atoms. The molecule has 0 saturated carbocycles. The third-order valence-electron chi connectivity index (χ3n) is 2.77. The maximum Gasteiger partial charge on any atom is 0.245 e. The van der Waals surface area contributed by atoms with E-state index in [1.807, 2.05) is 0 Å². The summed E-state index contributed by atoms with van der Waals surface area (Å²) in [6.45, 7) is 2.50. The predicted octanol–water partition coefficient (Wildman–Crippen LogP) is 3.39. The third-order valence-corrected chi connectivity index (χ3v) is 5.54. The number of rotatable bonds is 6. The molecule has 7 heteroatoms. The highest BCUT2D eigenvalue weighted by Gasteiger charge is 2.26. The fraction of sp³-hybridized carbons (Fsp3) is 0.500. The zero-order chi connectivity index (χ0) is 14.6. The van der Waals surface area contributed by atoms with E-state index >= 15 is 0 Å². The standard InChI is InChI=1S/C12H18Cl2N2O2S/c1-3-4-5-6-16(2)19(17,18)12-10(13)7-9(15)8-11(12)14/h7-8H,3-6,15H2,1-2H3. The van der Waals surface area contributed by atoms with Crippen LogP contribution in [0.3, 0.4) is 0 Å². The van der Waals surface area contributed by atoms with Crippen molar-refractivity contribution < 1.29 is 8.42 Å². The predicted molar refractivity (Wildman–Crippen MR) is 80.2 cm³/mol. The lowest BCUT2D eigenvalue weighted by molar-refractivity contribution is 0.454. The van der Waals surface area contributed by atoms with Crippen LogP contribution in [-0.4, -0.2) is 26.3 Å². The Labute approximate surface area is 124 Å². The Hall–Kier alpha value is -0.490. The molecule has 0 radical (unpaired) electrons. The molecular weight excluding hydrogens is 307 g/mol. The van der Waals surface area contributed by atoms with Crippen molar-refractivity contribution in [3.05, 3.63) is 22.2 Å². The summed E-state index contributed by atoms with van der Waals surface area (Å²) >= 11 is 11.9. The molecule has 0 spiro atoms. The van der Waals surface area contributed by atoms with Crippen LogP contribution < -0.4 is 5.73 Å². The van der Waals surface area contributed by atoms with Crippen molar-refractivity contribution in [1.29, 1.82) is 0 Å². The van der Waals surface area contributed by atoms with E-state index in [4.69, 9.17) is 28.9 Å². The van der Waals surface area contributed by atoms with Crippen LogP contribution in [0.2, 0.25) is 10.0 Å². The van der Waals surface area contributed by atoms with Crippen molar-refractivity contribution in [2.45, 2.75) is 31.1 Å². The number of halogens is 2. The molecule has 19 heavy (non-hydrogen) atoms. The Morgan fingerprint density at radius 2 is 1.74 bits per heavy atom. The van der Waals surface area contributed by atoms with E-state index in [2.05, 4.69) is 6.92 Å². The van der Waals surface area contributed by atoms with Gasteiger partial charge in [-0.05, 0) is 18.6 Å². The van der Waals surface area contributed by atoms with E-state index in [9.17, 15) is 8.42 Å². The maximum absolute atomic E-state index is 12.4. The molecule has 0 heterocycles. The minimum Gasteiger partial charge on any atom is -0.399 e. The molecule has 0 atom stereocenters. The van der Waals surface area contributed by atoms with Gasteiger partial charge in [0.25, 0.3) is 0 Å². The van der Waals surface area contributed by atoms with Crippen molar-refractivity contribution in [3.8, 4) is 0 Å². The first-order valence-corrected chi connectivity index (χ1v) is 8.21. The molecule has 108 valence electrons. The first-order valence-electron chi connectivity index (χ1n) is 6.01. The Morgan fingerprint density at radius 3 is 2.21 bits per heavy atom. The van der Waals surface area contributed by atoms with Crippen molar-refractivity contribution in [2.75, 3.05) is 19.3 Å². The zero-order valence-corrected chi connectivity index (χ0v) is 13.3. The number of nitrogens with two attached hydrogens (primary N) is 1. The highest BCUT2D eigenvalue weighted by molar-refractivity contribution is 7.89. The zero-order valence-electron chi connectivity index (χ0n) is 11.0. The van der Waals surface area contributed by atoms with E-state index in [-0.39, 0.29) is 14.9 Å². The average Bonchev–Trinajstić information content (AvgIpc) is 2.27. The Balaban J connectivity index is 3.07. The smallest absolute Gasteiger partial charge is 0.245 e. The first kappa shape index (κ1) is 16.6. The van der Waals surface area contributed by atoms with Gasteiger partial charge in [0.1, 0.15) is 4.90 Å².